The normalized spacial score (nSPS) is 11.6. The van der Waals surface area contributed by atoms with E-state index in [9.17, 15) is 14.0 Å². The number of nitriles is 1. The number of nitrogens with zero attached hydrogens (tertiary/aromatic N) is 4. The highest BCUT2D eigenvalue weighted by atomic mass is 19.2. The smallest absolute Gasteiger partial charge is 0.177 e. The fourth-order valence-corrected chi connectivity index (χ4v) is 2.85. The van der Waals surface area contributed by atoms with Gasteiger partial charge in [0.25, 0.3) is 0 Å². The number of halogens is 2. The van der Waals surface area contributed by atoms with E-state index in [1.165, 1.54) is 0 Å². The molecule has 3 heterocycles. The monoisotopic (exact) mass is 318 g/mol. The molecule has 4 rings (SSSR count). The highest BCUT2D eigenvalue weighted by Crippen LogP contribution is 2.45. The van der Waals surface area contributed by atoms with Crippen LogP contribution in [0.25, 0.3) is 22.5 Å². The molecule has 0 atom stereocenters. The molecule has 6 heteroatoms. The third kappa shape index (κ3) is 1.92. The van der Waals surface area contributed by atoms with Crippen LogP contribution in [-0.4, -0.2) is 15.0 Å². The van der Waals surface area contributed by atoms with Crippen molar-refractivity contribution in [1.82, 2.24) is 15.0 Å². The summed E-state index contributed by atoms with van der Waals surface area (Å²) in [6.07, 6.45) is 5.17. The lowest BCUT2D eigenvalue weighted by molar-refractivity contribution is 0.501. The second kappa shape index (κ2) is 5.32. The predicted octanol–water partition coefficient (Wildman–Crippen LogP) is 3.61. The van der Waals surface area contributed by atoms with Crippen LogP contribution in [-0.2, 0) is 0 Å². The van der Waals surface area contributed by atoms with E-state index in [0.29, 0.717) is 28.1 Å². The topological polar surface area (TPSA) is 62.5 Å². The molecule has 0 saturated carbocycles. The summed E-state index contributed by atoms with van der Waals surface area (Å²) in [5.74, 6) is -2.20. The highest BCUT2D eigenvalue weighted by Gasteiger charge is 2.29. The van der Waals surface area contributed by atoms with Crippen molar-refractivity contribution in [3.05, 3.63) is 77.4 Å². The van der Waals surface area contributed by atoms with E-state index in [4.69, 9.17) is 0 Å². The quantitative estimate of drug-likeness (QED) is 0.503. The van der Waals surface area contributed by atoms with Crippen molar-refractivity contribution in [3.63, 3.8) is 0 Å². The summed E-state index contributed by atoms with van der Waals surface area (Å²) in [5, 5.41) is 9.64. The van der Waals surface area contributed by atoms with Crippen LogP contribution in [0.3, 0.4) is 0 Å². The summed E-state index contributed by atoms with van der Waals surface area (Å²) in [6, 6.07) is 8.99. The number of hydrogen-bond acceptors (Lipinski definition) is 4. The van der Waals surface area contributed by atoms with Crippen molar-refractivity contribution in [2.24, 2.45) is 0 Å². The number of allylic oxidation sites excluding steroid dienone is 1. The van der Waals surface area contributed by atoms with Crippen molar-refractivity contribution in [2.75, 3.05) is 0 Å². The van der Waals surface area contributed by atoms with Gasteiger partial charge in [0.1, 0.15) is 6.07 Å². The molecule has 114 valence electrons. The van der Waals surface area contributed by atoms with Gasteiger partial charge in [-0.25, -0.2) is 8.78 Å². The summed E-state index contributed by atoms with van der Waals surface area (Å²) in [5.41, 5.74) is 2.84. The van der Waals surface area contributed by atoms with Crippen LogP contribution in [0.5, 0.6) is 0 Å². The Morgan fingerprint density at radius 3 is 2.17 bits per heavy atom. The van der Waals surface area contributed by atoms with E-state index in [0.717, 1.165) is 12.4 Å². The fourth-order valence-electron chi connectivity index (χ4n) is 2.85. The van der Waals surface area contributed by atoms with Crippen LogP contribution in [0.4, 0.5) is 8.78 Å². The first-order valence-corrected chi connectivity index (χ1v) is 7.07. The number of aromatic nitrogens is 3. The number of fused-ring (bicyclic) bond motifs is 3. The molecule has 0 unspecified atom stereocenters. The molecular formula is C18H8F2N4. The van der Waals surface area contributed by atoms with Gasteiger partial charge in [-0.05, 0) is 12.1 Å². The zero-order chi connectivity index (χ0) is 16.7. The molecule has 0 N–H and O–H groups in total. The average molecular weight is 318 g/mol. The fraction of sp³-hybridized carbons (Fsp3) is 0. The maximum Gasteiger partial charge on any atom is 0.177 e. The van der Waals surface area contributed by atoms with E-state index < -0.39 is 11.6 Å². The lowest BCUT2D eigenvalue weighted by atomic mass is 9.95. The highest BCUT2D eigenvalue weighted by molar-refractivity contribution is 6.11. The lowest BCUT2D eigenvalue weighted by Gasteiger charge is -2.08. The minimum atomic E-state index is -1.10. The van der Waals surface area contributed by atoms with Crippen LogP contribution in [0.15, 0.2) is 49.1 Å². The Morgan fingerprint density at radius 2 is 1.58 bits per heavy atom. The van der Waals surface area contributed by atoms with E-state index in [2.05, 4.69) is 15.0 Å². The van der Waals surface area contributed by atoms with Crippen molar-refractivity contribution < 1.29 is 8.78 Å². The summed E-state index contributed by atoms with van der Waals surface area (Å²) in [4.78, 5) is 12.3. The van der Waals surface area contributed by atoms with Crippen molar-refractivity contribution >= 4 is 11.1 Å². The van der Waals surface area contributed by atoms with Gasteiger partial charge in [0.15, 0.2) is 11.6 Å². The number of hydrogen-bond donors (Lipinski definition) is 0. The Hall–Kier alpha value is -3.46. The molecule has 1 aliphatic carbocycles. The van der Waals surface area contributed by atoms with Gasteiger partial charge in [0.05, 0.1) is 28.7 Å². The molecule has 0 spiro atoms. The molecular weight excluding hydrogens is 310 g/mol. The molecule has 3 aromatic rings. The van der Waals surface area contributed by atoms with E-state index in [-0.39, 0.29) is 11.1 Å². The van der Waals surface area contributed by atoms with Gasteiger partial charge in [0.2, 0.25) is 0 Å². The van der Waals surface area contributed by atoms with Crippen LogP contribution in [0.1, 0.15) is 16.7 Å². The molecule has 24 heavy (non-hydrogen) atoms. The Balaban J connectivity index is 2.12. The van der Waals surface area contributed by atoms with Gasteiger partial charge < -0.3 is 0 Å². The molecule has 0 radical (unpaired) electrons. The SMILES string of the molecule is N#CC(=C1c2cccnc2-c2ncccc21)c1cncc(F)c1F. The molecule has 1 aliphatic rings. The average Bonchev–Trinajstić information content (AvgIpc) is 2.94. The van der Waals surface area contributed by atoms with E-state index >= 15 is 0 Å². The molecule has 0 bridgehead atoms. The standard InChI is InChI=1S/C18H8F2N4/c19-14-9-22-8-13(16(14)20)12(7-21)15-10-3-1-5-23-17(10)18-11(15)4-2-6-24-18/h1-6,8-9H. The minimum absolute atomic E-state index is 0.000463. The van der Waals surface area contributed by atoms with Gasteiger partial charge in [-0.2, -0.15) is 5.26 Å². The minimum Gasteiger partial charge on any atom is -0.261 e. The largest absolute Gasteiger partial charge is 0.261 e. The second-order valence-electron chi connectivity index (χ2n) is 5.14. The second-order valence-corrected chi connectivity index (χ2v) is 5.14. The summed E-state index contributed by atoms with van der Waals surface area (Å²) in [6.45, 7) is 0. The Kier molecular flexibility index (Phi) is 3.14. The maximum absolute atomic E-state index is 14.2. The van der Waals surface area contributed by atoms with Gasteiger partial charge in [-0.1, -0.05) is 12.1 Å². The molecule has 0 fully saturated rings. The third-order valence-corrected chi connectivity index (χ3v) is 3.85. The third-order valence-electron chi connectivity index (χ3n) is 3.85. The van der Waals surface area contributed by atoms with Crippen LogP contribution in [0, 0.1) is 23.0 Å². The molecule has 3 aromatic heterocycles. The number of pyridine rings is 3. The molecule has 0 saturated heterocycles. The van der Waals surface area contributed by atoms with Crippen molar-refractivity contribution in [2.45, 2.75) is 0 Å². The summed E-state index contributed by atoms with van der Waals surface area (Å²) >= 11 is 0. The van der Waals surface area contributed by atoms with Gasteiger partial charge in [-0.3, -0.25) is 15.0 Å². The van der Waals surface area contributed by atoms with E-state index in [1.54, 1.807) is 36.7 Å². The predicted molar refractivity (Wildman–Crippen MR) is 83.2 cm³/mol. The molecule has 0 amide bonds. The van der Waals surface area contributed by atoms with E-state index in [1.807, 2.05) is 6.07 Å². The Labute approximate surface area is 135 Å². The summed E-state index contributed by atoms with van der Waals surface area (Å²) in [7, 11) is 0. The number of rotatable bonds is 1. The van der Waals surface area contributed by atoms with Gasteiger partial charge in [0, 0.05) is 35.3 Å². The molecule has 4 nitrogen and oxygen atoms in total. The zero-order valence-corrected chi connectivity index (χ0v) is 12.2. The molecule has 0 aromatic carbocycles. The zero-order valence-electron chi connectivity index (χ0n) is 12.2. The Morgan fingerprint density at radius 1 is 0.958 bits per heavy atom. The van der Waals surface area contributed by atoms with Gasteiger partial charge >= 0.3 is 0 Å². The van der Waals surface area contributed by atoms with Crippen molar-refractivity contribution in [3.8, 4) is 17.5 Å². The first kappa shape index (κ1) is 14.2. The van der Waals surface area contributed by atoms with Crippen molar-refractivity contribution in [1.29, 1.82) is 5.26 Å². The lowest BCUT2D eigenvalue weighted by Crippen LogP contribution is -1.97. The summed E-state index contributed by atoms with van der Waals surface area (Å²) < 4.78 is 27.8. The first-order valence-electron chi connectivity index (χ1n) is 7.07. The van der Waals surface area contributed by atoms with Gasteiger partial charge in [-0.15, -0.1) is 0 Å². The molecule has 0 aliphatic heterocycles. The first-order chi connectivity index (χ1) is 11.7. The van der Waals surface area contributed by atoms with Crippen LogP contribution < -0.4 is 0 Å². The maximum atomic E-state index is 14.2. The van der Waals surface area contributed by atoms with Crippen LogP contribution >= 0.6 is 0 Å². The van der Waals surface area contributed by atoms with Crippen LogP contribution in [0.2, 0.25) is 0 Å². The Bertz CT molecular complexity index is 1000.